The molecule has 0 aliphatic rings. The first-order valence-electron chi connectivity index (χ1n) is 5.12. The van der Waals surface area contributed by atoms with Crippen molar-refractivity contribution in [3.8, 4) is 11.5 Å². The largest absolute Gasteiger partial charge is 0.478 e. The van der Waals surface area contributed by atoms with Crippen molar-refractivity contribution in [3.63, 3.8) is 0 Å². The van der Waals surface area contributed by atoms with Crippen molar-refractivity contribution in [1.82, 2.24) is 0 Å². The molecule has 0 spiro atoms. The first-order valence-corrected chi connectivity index (χ1v) is 6.20. The van der Waals surface area contributed by atoms with Gasteiger partial charge in [0.2, 0.25) is 0 Å². The quantitative estimate of drug-likeness (QED) is 0.654. The summed E-state index contributed by atoms with van der Waals surface area (Å²) in [6.07, 6.45) is 0. The van der Waals surface area contributed by atoms with Gasteiger partial charge >= 0.3 is 5.97 Å². The van der Waals surface area contributed by atoms with Crippen LogP contribution in [0.5, 0.6) is 11.5 Å². The van der Waals surface area contributed by atoms with Crippen molar-refractivity contribution in [2.24, 2.45) is 0 Å². The number of hydrogen-bond donors (Lipinski definition) is 2. The summed E-state index contributed by atoms with van der Waals surface area (Å²) in [4.78, 5) is 10.8. The van der Waals surface area contributed by atoms with Gasteiger partial charge in [-0.2, -0.15) is 0 Å². The van der Waals surface area contributed by atoms with Crippen LogP contribution in [0.15, 0.2) is 42.5 Å². The second-order valence-electron chi connectivity index (χ2n) is 3.61. The van der Waals surface area contributed by atoms with Gasteiger partial charge in [-0.1, -0.05) is 0 Å². The zero-order chi connectivity index (χ0) is 13.1. The van der Waals surface area contributed by atoms with Gasteiger partial charge in [0.15, 0.2) is 0 Å². The van der Waals surface area contributed by atoms with Crippen LogP contribution in [-0.4, -0.2) is 11.1 Å². The zero-order valence-electron chi connectivity index (χ0n) is 9.26. The summed E-state index contributed by atoms with van der Waals surface area (Å²) in [6.45, 7) is 0. The fourth-order valence-corrected chi connectivity index (χ4v) is 1.76. The fourth-order valence-electron chi connectivity index (χ4n) is 1.40. The van der Waals surface area contributed by atoms with Crippen LogP contribution in [-0.2, 0) is 0 Å². The number of ether oxygens (including phenoxy) is 1. The summed E-state index contributed by atoms with van der Waals surface area (Å²) in [6, 6.07) is 11.9. The number of nitrogens with two attached hydrogens (primary N) is 1. The number of halogens is 1. The molecule has 0 atom stereocenters. The molecule has 0 aliphatic heterocycles. The Morgan fingerprint density at radius 3 is 2.39 bits per heavy atom. The number of rotatable bonds is 3. The molecule has 0 radical (unpaired) electrons. The van der Waals surface area contributed by atoms with Gasteiger partial charge in [-0.15, -0.1) is 0 Å². The lowest BCUT2D eigenvalue weighted by atomic mass is 10.2. The number of nitrogen functional groups attached to an aromatic ring is 1. The Hall–Kier alpha value is -1.76. The van der Waals surface area contributed by atoms with E-state index in [4.69, 9.17) is 15.6 Å². The summed E-state index contributed by atoms with van der Waals surface area (Å²) in [5.41, 5.74) is 6.19. The smallest absolute Gasteiger partial charge is 0.335 e. The van der Waals surface area contributed by atoms with Crippen LogP contribution in [0.3, 0.4) is 0 Å². The lowest BCUT2D eigenvalue weighted by Gasteiger charge is -2.09. The predicted molar refractivity (Wildman–Crippen MR) is 77.0 cm³/mol. The maximum atomic E-state index is 10.8. The molecule has 3 N–H and O–H groups in total. The van der Waals surface area contributed by atoms with E-state index >= 15 is 0 Å². The second-order valence-corrected chi connectivity index (χ2v) is 4.86. The summed E-state index contributed by atoms with van der Waals surface area (Å²) >= 11 is 2.20. The summed E-state index contributed by atoms with van der Waals surface area (Å²) < 4.78 is 6.68. The van der Waals surface area contributed by atoms with E-state index in [2.05, 4.69) is 22.6 Å². The number of carbonyl (C=O) groups is 1. The fraction of sp³-hybridized carbons (Fsp3) is 0. The van der Waals surface area contributed by atoms with Gasteiger partial charge in [-0.25, -0.2) is 4.79 Å². The first kappa shape index (κ1) is 12.7. The summed E-state index contributed by atoms with van der Waals surface area (Å²) in [5.74, 6) is 0.0916. The third kappa shape index (κ3) is 2.92. The van der Waals surface area contributed by atoms with E-state index in [9.17, 15) is 4.79 Å². The molecule has 18 heavy (non-hydrogen) atoms. The molecule has 0 unspecified atom stereocenters. The normalized spacial score (nSPS) is 10.1. The lowest BCUT2D eigenvalue weighted by molar-refractivity contribution is 0.0697. The van der Waals surface area contributed by atoms with Crippen LogP contribution in [0, 0.1) is 3.57 Å². The maximum Gasteiger partial charge on any atom is 0.335 e. The molecule has 2 aromatic carbocycles. The Morgan fingerprint density at radius 2 is 1.83 bits per heavy atom. The average molecular weight is 355 g/mol. The predicted octanol–water partition coefficient (Wildman–Crippen LogP) is 3.36. The molecule has 0 fully saturated rings. The van der Waals surface area contributed by atoms with E-state index in [1.165, 1.54) is 12.1 Å². The molecule has 0 saturated heterocycles. The third-order valence-electron chi connectivity index (χ3n) is 2.30. The van der Waals surface area contributed by atoms with E-state index in [0.717, 1.165) is 3.57 Å². The summed E-state index contributed by atoms with van der Waals surface area (Å²) in [5, 5.41) is 8.82. The van der Waals surface area contributed by atoms with Crippen molar-refractivity contribution < 1.29 is 14.6 Å². The molecule has 0 aromatic heterocycles. The minimum atomic E-state index is -1.01. The monoisotopic (exact) mass is 355 g/mol. The van der Waals surface area contributed by atoms with Crippen molar-refractivity contribution >= 4 is 34.2 Å². The maximum absolute atomic E-state index is 10.8. The Labute approximate surface area is 118 Å². The Morgan fingerprint density at radius 1 is 1.17 bits per heavy atom. The number of hydrogen-bond acceptors (Lipinski definition) is 3. The highest BCUT2D eigenvalue weighted by atomic mass is 127. The highest BCUT2D eigenvalue weighted by Crippen LogP contribution is 2.28. The topological polar surface area (TPSA) is 72.6 Å². The molecule has 0 saturated carbocycles. The van der Waals surface area contributed by atoms with Gasteiger partial charge in [0.05, 0.1) is 11.3 Å². The van der Waals surface area contributed by atoms with Gasteiger partial charge in [-0.05, 0) is 65.1 Å². The first-order chi connectivity index (χ1) is 8.56. The minimum Gasteiger partial charge on any atom is -0.478 e. The molecule has 4 nitrogen and oxygen atoms in total. The van der Waals surface area contributed by atoms with Crippen molar-refractivity contribution in [2.45, 2.75) is 0 Å². The van der Waals surface area contributed by atoms with Crippen LogP contribution in [0.4, 0.5) is 5.69 Å². The van der Waals surface area contributed by atoms with E-state index < -0.39 is 5.97 Å². The number of aromatic carboxylic acids is 1. The van der Waals surface area contributed by atoms with Crippen LogP contribution in [0.25, 0.3) is 0 Å². The number of carboxylic acid groups (broad SMARTS) is 1. The molecule has 0 aliphatic carbocycles. The Bertz CT molecular complexity index is 581. The molecule has 2 rings (SSSR count). The third-order valence-corrected chi connectivity index (χ3v) is 3.02. The van der Waals surface area contributed by atoms with Crippen LogP contribution >= 0.6 is 22.6 Å². The SMILES string of the molecule is Nc1cc(C(=O)O)ccc1Oc1ccc(I)cc1. The molecule has 0 amide bonds. The zero-order valence-corrected chi connectivity index (χ0v) is 11.4. The van der Waals surface area contributed by atoms with E-state index in [0.29, 0.717) is 17.2 Å². The Kier molecular flexibility index (Phi) is 3.71. The molecule has 2 aromatic rings. The van der Waals surface area contributed by atoms with Crippen molar-refractivity contribution in [2.75, 3.05) is 5.73 Å². The van der Waals surface area contributed by atoms with E-state index in [1.807, 2.05) is 24.3 Å². The highest BCUT2D eigenvalue weighted by molar-refractivity contribution is 14.1. The second kappa shape index (κ2) is 5.26. The number of carboxylic acids is 1. The molecular weight excluding hydrogens is 345 g/mol. The van der Waals surface area contributed by atoms with E-state index in [-0.39, 0.29) is 5.56 Å². The van der Waals surface area contributed by atoms with Gasteiger partial charge in [-0.3, -0.25) is 0 Å². The number of benzene rings is 2. The minimum absolute atomic E-state index is 0.141. The molecule has 5 heteroatoms. The Balaban J connectivity index is 2.24. The number of anilines is 1. The van der Waals surface area contributed by atoms with Crippen LogP contribution < -0.4 is 10.5 Å². The highest BCUT2D eigenvalue weighted by Gasteiger charge is 2.07. The molecule has 92 valence electrons. The van der Waals surface area contributed by atoms with Gasteiger partial charge < -0.3 is 15.6 Å². The summed E-state index contributed by atoms with van der Waals surface area (Å²) in [7, 11) is 0. The molecular formula is C13H10INO3. The van der Waals surface area contributed by atoms with Crippen LogP contribution in [0.2, 0.25) is 0 Å². The molecule has 0 bridgehead atoms. The van der Waals surface area contributed by atoms with Gasteiger partial charge in [0.25, 0.3) is 0 Å². The standard InChI is InChI=1S/C13H10INO3/c14-9-2-4-10(5-3-9)18-12-6-1-8(13(16)17)7-11(12)15/h1-7H,15H2,(H,16,17). The lowest BCUT2D eigenvalue weighted by Crippen LogP contribution is -1.99. The molecule has 0 heterocycles. The van der Waals surface area contributed by atoms with E-state index in [1.54, 1.807) is 6.07 Å². The van der Waals surface area contributed by atoms with Crippen LogP contribution in [0.1, 0.15) is 10.4 Å². The van der Waals surface area contributed by atoms with Crippen molar-refractivity contribution in [1.29, 1.82) is 0 Å². The van der Waals surface area contributed by atoms with Gasteiger partial charge in [0, 0.05) is 3.57 Å². The average Bonchev–Trinajstić information content (AvgIpc) is 2.34. The van der Waals surface area contributed by atoms with Gasteiger partial charge in [0.1, 0.15) is 11.5 Å². The van der Waals surface area contributed by atoms with Crippen molar-refractivity contribution in [3.05, 3.63) is 51.6 Å².